The summed E-state index contributed by atoms with van der Waals surface area (Å²) in [6.07, 6.45) is 1.43. The van der Waals surface area contributed by atoms with Gasteiger partial charge < -0.3 is 5.73 Å². The molecule has 0 saturated heterocycles. The van der Waals surface area contributed by atoms with Crippen molar-refractivity contribution in [3.63, 3.8) is 0 Å². The number of anilines is 1. The molecule has 0 atom stereocenters. The first-order valence-corrected chi connectivity index (χ1v) is 7.13. The Morgan fingerprint density at radius 2 is 1.83 bits per heavy atom. The van der Waals surface area contributed by atoms with E-state index < -0.39 is 9.84 Å². The number of sulfone groups is 1. The van der Waals surface area contributed by atoms with Crippen molar-refractivity contribution >= 4 is 15.5 Å². The van der Waals surface area contributed by atoms with Gasteiger partial charge in [-0.3, -0.25) is 0 Å². The molecule has 2 N–H and O–H groups in total. The third kappa shape index (κ3) is 2.68. The zero-order chi connectivity index (χ0) is 13.2. The van der Waals surface area contributed by atoms with Crippen LogP contribution in [0.4, 0.5) is 5.69 Å². The van der Waals surface area contributed by atoms with Crippen molar-refractivity contribution in [2.75, 3.05) is 5.73 Å². The molecule has 0 aliphatic heterocycles. The highest BCUT2D eigenvalue weighted by atomic mass is 32.2. The van der Waals surface area contributed by atoms with E-state index in [1.54, 1.807) is 18.2 Å². The predicted molar refractivity (Wildman–Crippen MR) is 70.7 cm³/mol. The van der Waals surface area contributed by atoms with Crippen molar-refractivity contribution < 1.29 is 8.42 Å². The van der Waals surface area contributed by atoms with E-state index in [1.165, 1.54) is 12.3 Å². The number of hydrogen-bond acceptors (Lipinski definition) is 4. The van der Waals surface area contributed by atoms with E-state index in [9.17, 15) is 8.42 Å². The minimum Gasteiger partial charge on any atom is -0.396 e. The lowest BCUT2D eigenvalue weighted by molar-refractivity contribution is 0.592. The Bertz CT molecular complexity index is 649. The lowest BCUT2D eigenvalue weighted by Gasteiger charge is -2.06. The molecule has 2 rings (SSSR count). The lowest BCUT2D eigenvalue weighted by Crippen LogP contribution is -2.09. The van der Waals surface area contributed by atoms with Gasteiger partial charge in [0.25, 0.3) is 0 Å². The van der Waals surface area contributed by atoms with Crippen molar-refractivity contribution in [3.8, 4) is 0 Å². The fourth-order valence-corrected chi connectivity index (χ4v) is 3.05. The summed E-state index contributed by atoms with van der Waals surface area (Å²) in [5, 5.41) is -0.0504. The predicted octanol–water partition coefficient (Wildman–Crippen LogP) is 1.95. The molecule has 0 aliphatic rings. The number of aryl methyl sites for hydroxylation is 1. The highest BCUT2D eigenvalue weighted by Crippen LogP contribution is 2.19. The second-order valence-electron chi connectivity index (χ2n) is 4.14. The van der Waals surface area contributed by atoms with Gasteiger partial charge in [0, 0.05) is 6.20 Å². The number of nitrogen functional groups attached to an aromatic ring is 1. The smallest absolute Gasteiger partial charge is 0.201 e. The van der Waals surface area contributed by atoms with Crippen molar-refractivity contribution in [1.29, 1.82) is 0 Å². The van der Waals surface area contributed by atoms with E-state index in [2.05, 4.69) is 4.98 Å². The standard InChI is InChI=1S/C13H14N2O2S/c1-10-4-6-11(7-5-10)9-18(16,17)13-12(14)3-2-8-15-13/h2-8H,9,14H2,1H3. The molecular weight excluding hydrogens is 248 g/mol. The number of benzene rings is 1. The Morgan fingerprint density at radius 3 is 2.44 bits per heavy atom. The monoisotopic (exact) mass is 262 g/mol. The summed E-state index contributed by atoms with van der Waals surface area (Å²) in [6.45, 7) is 1.95. The normalized spacial score (nSPS) is 11.4. The van der Waals surface area contributed by atoms with Crippen LogP contribution in [0.1, 0.15) is 11.1 Å². The molecule has 0 amide bonds. The molecule has 1 heterocycles. The maximum absolute atomic E-state index is 12.2. The minimum atomic E-state index is -3.49. The third-order valence-electron chi connectivity index (χ3n) is 2.57. The van der Waals surface area contributed by atoms with E-state index in [1.807, 2.05) is 19.1 Å². The molecule has 5 heteroatoms. The summed E-state index contributed by atoms with van der Waals surface area (Å²) in [6, 6.07) is 10.5. The topological polar surface area (TPSA) is 73.0 Å². The molecule has 0 unspecified atom stereocenters. The molecule has 0 fully saturated rings. The first kappa shape index (κ1) is 12.6. The molecule has 0 spiro atoms. The highest BCUT2D eigenvalue weighted by Gasteiger charge is 2.19. The minimum absolute atomic E-state index is 0.0504. The second kappa shape index (κ2) is 4.78. The number of aromatic nitrogens is 1. The summed E-state index contributed by atoms with van der Waals surface area (Å²) < 4.78 is 24.3. The van der Waals surface area contributed by atoms with Crippen LogP contribution in [-0.4, -0.2) is 13.4 Å². The zero-order valence-corrected chi connectivity index (χ0v) is 10.8. The van der Waals surface area contributed by atoms with Gasteiger partial charge in [0.2, 0.25) is 9.84 Å². The van der Waals surface area contributed by atoms with E-state index in [0.29, 0.717) is 0 Å². The van der Waals surface area contributed by atoms with Gasteiger partial charge in [0.1, 0.15) is 0 Å². The molecule has 0 aliphatic carbocycles. The molecule has 1 aromatic carbocycles. The van der Waals surface area contributed by atoms with Crippen LogP contribution in [0.5, 0.6) is 0 Å². The van der Waals surface area contributed by atoms with Gasteiger partial charge in [0.15, 0.2) is 5.03 Å². The number of pyridine rings is 1. The highest BCUT2D eigenvalue weighted by molar-refractivity contribution is 7.90. The SMILES string of the molecule is Cc1ccc(CS(=O)(=O)c2ncccc2N)cc1. The maximum atomic E-state index is 12.2. The van der Waals surface area contributed by atoms with Crippen LogP contribution in [0, 0.1) is 6.92 Å². The van der Waals surface area contributed by atoms with Gasteiger partial charge in [-0.2, -0.15) is 0 Å². The van der Waals surface area contributed by atoms with Crippen LogP contribution in [0.3, 0.4) is 0 Å². The van der Waals surface area contributed by atoms with Crippen LogP contribution in [-0.2, 0) is 15.6 Å². The number of rotatable bonds is 3. The quantitative estimate of drug-likeness (QED) is 0.917. The van der Waals surface area contributed by atoms with Crippen LogP contribution in [0.15, 0.2) is 47.6 Å². The summed E-state index contributed by atoms with van der Waals surface area (Å²) in [5.41, 5.74) is 7.65. The van der Waals surface area contributed by atoms with Crippen LogP contribution in [0.2, 0.25) is 0 Å². The largest absolute Gasteiger partial charge is 0.396 e. The maximum Gasteiger partial charge on any atom is 0.201 e. The Kier molecular flexibility index (Phi) is 3.34. The zero-order valence-electron chi connectivity index (χ0n) is 10.00. The average Bonchev–Trinajstić information content (AvgIpc) is 2.32. The fraction of sp³-hybridized carbons (Fsp3) is 0.154. The summed E-state index contributed by atoms with van der Waals surface area (Å²) in [4.78, 5) is 3.85. The molecule has 0 saturated carbocycles. The van der Waals surface area contributed by atoms with Crippen LogP contribution in [0.25, 0.3) is 0 Å². The molecule has 94 valence electrons. The van der Waals surface area contributed by atoms with Gasteiger partial charge in [-0.25, -0.2) is 13.4 Å². The average molecular weight is 262 g/mol. The lowest BCUT2D eigenvalue weighted by atomic mass is 10.2. The van der Waals surface area contributed by atoms with Gasteiger partial charge in [-0.05, 0) is 24.6 Å². The van der Waals surface area contributed by atoms with Gasteiger partial charge in [-0.1, -0.05) is 29.8 Å². The van der Waals surface area contributed by atoms with Gasteiger partial charge >= 0.3 is 0 Å². The van der Waals surface area contributed by atoms with E-state index in [0.717, 1.165) is 11.1 Å². The first-order chi connectivity index (χ1) is 8.49. The molecule has 0 radical (unpaired) electrons. The third-order valence-corrected chi connectivity index (χ3v) is 4.22. The van der Waals surface area contributed by atoms with Crippen molar-refractivity contribution in [2.24, 2.45) is 0 Å². The molecular formula is C13H14N2O2S. The van der Waals surface area contributed by atoms with E-state index in [4.69, 9.17) is 5.73 Å². The summed E-state index contributed by atoms with van der Waals surface area (Å²) in [7, 11) is -3.49. The Labute approximate surface area is 106 Å². The van der Waals surface area contributed by atoms with E-state index >= 15 is 0 Å². The second-order valence-corrected chi connectivity index (χ2v) is 6.05. The Balaban J connectivity index is 2.33. The van der Waals surface area contributed by atoms with Crippen molar-refractivity contribution in [3.05, 3.63) is 53.7 Å². The molecule has 18 heavy (non-hydrogen) atoms. The first-order valence-electron chi connectivity index (χ1n) is 5.48. The summed E-state index contributed by atoms with van der Waals surface area (Å²) in [5.74, 6) is -0.0888. The van der Waals surface area contributed by atoms with Crippen LogP contribution < -0.4 is 5.73 Å². The molecule has 2 aromatic rings. The van der Waals surface area contributed by atoms with Crippen molar-refractivity contribution in [2.45, 2.75) is 17.7 Å². The van der Waals surface area contributed by atoms with Gasteiger partial charge in [-0.15, -0.1) is 0 Å². The fourth-order valence-electron chi connectivity index (χ4n) is 1.64. The molecule has 0 bridgehead atoms. The number of nitrogens with two attached hydrogens (primary N) is 1. The number of hydrogen-bond donors (Lipinski definition) is 1. The van der Waals surface area contributed by atoms with Crippen molar-refractivity contribution in [1.82, 2.24) is 4.98 Å². The Hall–Kier alpha value is -1.88. The molecule has 4 nitrogen and oxygen atoms in total. The molecule has 1 aromatic heterocycles. The van der Waals surface area contributed by atoms with Gasteiger partial charge in [0.05, 0.1) is 11.4 Å². The van der Waals surface area contributed by atoms with E-state index in [-0.39, 0.29) is 16.5 Å². The summed E-state index contributed by atoms with van der Waals surface area (Å²) >= 11 is 0. The van der Waals surface area contributed by atoms with Crippen LogP contribution >= 0.6 is 0 Å². The Morgan fingerprint density at radius 1 is 1.17 bits per heavy atom. The number of nitrogens with zero attached hydrogens (tertiary/aromatic N) is 1.